The van der Waals surface area contributed by atoms with E-state index < -0.39 is 0 Å². The van der Waals surface area contributed by atoms with E-state index in [-0.39, 0.29) is 16.8 Å². The van der Waals surface area contributed by atoms with Crippen LogP contribution >= 0.6 is 0 Å². The molecule has 0 unspecified atom stereocenters. The van der Waals surface area contributed by atoms with Crippen molar-refractivity contribution >= 4 is 11.4 Å². The van der Waals surface area contributed by atoms with Crippen molar-refractivity contribution in [2.75, 3.05) is 0 Å². The number of benzene rings is 1. The molecule has 1 aliphatic rings. The third-order valence-corrected chi connectivity index (χ3v) is 5.24. The molecule has 2 N–H and O–H groups in total. The average Bonchev–Trinajstić information content (AvgIpc) is 3.34. The Morgan fingerprint density at radius 1 is 1.03 bits per heavy atom. The van der Waals surface area contributed by atoms with E-state index in [9.17, 15) is 5.11 Å². The third-order valence-electron chi connectivity index (χ3n) is 5.24. The molecule has 0 aliphatic carbocycles. The van der Waals surface area contributed by atoms with Crippen LogP contribution in [0.1, 0.15) is 39.8 Å². The topological polar surface area (TPSA) is 106 Å². The number of hydrogen-bond acceptors (Lipinski definition) is 7. The molecule has 9 heteroatoms. The summed E-state index contributed by atoms with van der Waals surface area (Å²) >= 11 is 0. The van der Waals surface area contributed by atoms with Gasteiger partial charge in [0.05, 0.1) is 29.3 Å². The second-order valence-corrected chi connectivity index (χ2v) is 9.09. The monoisotopic (exact) mass is 416 g/mol. The van der Waals surface area contributed by atoms with Gasteiger partial charge in [-0.3, -0.25) is 0 Å². The summed E-state index contributed by atoms with van der Waals surface area (Å²) in [6, 6.07) is 7.11. The summed E-state index contributed by atoms with van der Waals surface area (Å²) in [5.41, 5.74) is 3.08. The van der Waals surface area contributed by atoms with E-state index in [0.717, 1.165) is 12.1 Å². The van der Waals surface area contributed by atoms with E-state index >= 15 is 0 Å². The highest BCUT2D eigenvalue weighted by Crippen LogP contribution is 2.33. The van der Waals surface area contributed by atoms with Crippen LogP contribution in [-0.4, -0.2) is 50.8 Å². The van der Waals surface area contributed by atoms with E-state index in [1.807, 2.05) is 18.3 Å². The Morgan fingerprint density at radius 3 is 2.52 bits per heavy atom. The third kappa shape index (κ3) is 3.68. The van der Waals surface area contributed by atoms with Gasteiger partial charge in [-0.25, -0.2) is 9.50 Å². The second-order valence-electron chi connectivity index (χ2n) is 9.09. The van der Waals surface area contributed by atoms with Crippen LogP contribution in [0.4, 0.5) is 0 Å². The van der Waals surface area contributed by atoms with Crippen LogP contribution in [0.3, 0.4) is 0 Å². The lowest BCUT2D eigenvalue weighted by molar-refractivity contribution is 0.297. The van der Waals surface area contributed by atoms with Gasteiger partial charge < -0.3 is 10.4 Å². The molecule has 0 bridgehead atoms. The van der Waals surface area contributed by atoms with Gasteiger partial charge in [0.25, 0.3) is 5.78 Å². The minimum absolute atomic E-state index is 0.0306. The van der Waals surface area contributed by atoms with Crippen LogP contribution in [-0.2, 0) is 0 Å². The highest BCUT2D eigenvalue weighted by molar-refractivity contribution is 5.69. The maximum Gasteiger partial charge on any atom is 0.253 e. The lowest BCUT2D eigenvalue weighted by atomic mass is 9.82. The number of fused-ring (bicyclic) bond motifs is 1. The summed E-state index contributed by atoms with van der Waals surface area (Å²) in [5.74, 6) is 0.942. The summed E-state index contributed by atoms with van der Waals surface area (Å²) in [4.78, 5) is 10.8. The molecule has 4 heterocycles. The summed E-state index contributed by atoms with van der Waals surface area (Å²) in [7, 11) is 0. The molecule has 9 nitrogen and oxygen atoms in total. The van der Waals surface area contributed by atoms with Crippen molar-refractivity contribution in [2.45, 2.75) is 45.2 Å². The zero-order valence-electron chi connectivity index (χ0n) is 17.9. The number of nitrogens with one attached hydrogen (secondary N) is 1. The number of aromatic nitrogens is 7. The van der Waals surface area contributed by atoms with Crippen LogP contribution in [0, 0.1) is 0 Å². The standard InChI is InChI=1S/C22H24N8O/c1-21(2)12-14(13-22(3,4)28-21)17-7-10-29-20(25-17)26-19(27-29)16-6-5-15(11-18(16)31)30-23-8-9-24-30/h5-12,28,31H,13H2,1-4H3. The largest absolute Gasteiger partial charge is 0.507 e. The maximum absolute atomic E-state index is 10.5. The Hall–Kier alpha value is -3.59. The van der Waals surface area contributed by atoms with E-state index in [1.165, 1.54) is 10.4 Å². The predicted octanol–water partition coefficient (Wildman–Crippen LogP) is 3.01. The van der Waals surface area contributed by atoms with Crippen molar-refractivity contribution in [3.63, 3.8) is 0 Å². The Labute approximate surface area is 179 Å². The number of rotatable bonds is 3. The molecule has 0 fully saturated rings. The molecule has 0 saturated heterocycles. The molecule has 31 heavy (non-hydrogen) atoms. The zero-order valence-corrected chi connectivity index (χ0v) is 17.9. The van der Waals surface area contributed by atoms with Crippen LogP contribution in [0.5, 0.6) is 5.75 Å². The number of phenolic OH excluding ortho intramolecular Hbond substituents is 1. The molecular weight excluding hydrogens is 392 g/mol. The smallest absolute Gasteiger partial charge is 0.253 e. The molecule has 1 aromatic carbocycles. The van der Waals surface area contributed by atoms with Crippen molar-refractivity contribution in [3.05, 3.63) is 54.6 Å². The SMILES string of the molecule is CC1(C)C=C(c2ccn3nc(-c4ccc(-n5nccn5)cc4O)nc3n2)CC(C)(C)N1. The van der Waals surface area contributed by atoms with Gasteiger partial charge in [-0.2, -0.15) is 20.0 Å². The van der Waals surface area contributed by atoms with E-state index in [1.54, 1.807) is 29.0 Å². The maximum atomic E-state index is 10.5. The average molecular weight is 416 g/mol. The minimum Gasteiger partial charge on any atom is -0.507 e. The minimum atomic E-state index is -0.124. The first-order valence-corrected chi connectivity index (χ1v) is 10.1. The number of phenols is 1. The first-order chi connectivity index (χ1) is 14.7. The summed E-state index contributed by atoms with van der Waals surface area (Å²) in [6.07, 6.45) is 8.11. The van der Waals surface area contributed by atoms with Crippen LogP contribution in [0.15, 0.2) is 48.9 Å². The van der Waals surface area contributed by atoms with E-state index in [4.69, 9.17) is 4.98 Å². The van der Waals surface area contributed by atoms with Gasteiger partial charge in [0.15, 0.2) is 5.82 Å². The highest BCUT2D eigenvalue weighted by atomic mass is 16.3. The summed E-state index contributed by atoms with van der Waals surface area (Å²) in [5, 5.41) is 26.8. The second kappa shape index (κ2) is 6.71. The summed E-state index contributed by atoms with van der Waals surface area (Å²) < 4.78 is 1.62. The van der Waals surface area contributed by atoms with Crippen molar-refractivity contribution in [1.82, 2.24) is 39.9 Å². The number of aromatic hydroxyl groups is 1. The van der Waals surface area contributed by atoms with Gasteiger partial charge in [0.1, 0.15) is 5.75 Å². The molecule has 0 radical (unpaired) electrons. The molecule has 3 aromatic heterocycles. The highest BCUT2D eigenvalue weighted by Gasteiger charge is 2.33. The Balaban J connectivity index is 1.51. The predicted molar refractivity (Wildman–Crippen MR) is 117 cm³/mol. The molecule has 5 rings (SSSR count). The van der Waals surface area contributed by atoms with Gasteiger partial charge >= 0.3 is 0 Å². The van der Waals surface area contributed by atoms with E-state index in [2.05, 4.69) is 59.4 Å². The van der Waals surface area contributed by atoms with Gasteiger partial charge in [-0.15, -0.1) is 5.10 Å². The van der Waals surface area contributed by atoms with Gasteiger partial charge in [0.2, 0.25) is 0 Å². The molecule has 1 aliphatic heterocycles. The van der Waals surface area contributed by atoms with Crippen LogP contribution < -0.4 is 5.32 Å². The normalized spacial score (nSPS) is 17.6. The molecule has 0 spiro atoms. The molecular formula is C22H24N8O. The quantitative estimate of drug-likeness (QED) is 0.529. The van der Waals surface area contributed by atoms with Gasteiger partial charge in [-0.05, 0) is 57.9 Å². The van der Waals surface area contributed by atoms with Gasteiger partial charge in [-0.1, -0.05) is 6.08 Å². The van der Waals surface area contributed by atoms with Crippen LogP contribution in [0.25, 0.3) is 28.4 Å². The molecule has 0 atom stereocenters. The summed E-state index contributed by atoms with van der Waals surface area (Å²) in [6.45, 7) is 8.71. The first-order valence-electron chi connectivity index (χ1n) is 10.1. The fraction of sp³-hybridized carbons (Fsp3) is 0.318. The Kier molecular flexibility index (Phi) is 4.19. The van der Waals surface area contributed by atoms with Crippen molar-refractivity contribution in [1.29, 1.82) is 0 Å². The number of hydrogen-bond donors (Lipinski definition) is 2. The number of nitrogens with zero attached hydrogens (tertiary/aromatic N) is 7. The van der Waals surface area contributed by atoms with E-state index in [0.29, 0.717) is 22.9 Å². The lowest BCUT2D eigenvalue weighted by Gasteiger charge is -2.41. The molecule has 4 aromatic rings. The van der Waals surface area contributed by atoms with Crippen molar-refractivity contribution < 1.29 is 5.11 Å². The Morgan fingerprint density at radius 2 is 1.81 bits per heavy atom. The van der Waals surface area contributed by atoms with Crippen molar-refractivity contribution in [3.8, 4) is 22.8 Å². The zero-order chi connectivity index (χ0) is 21.8. The van der Waals surface area contributed by atoms with Gasteiger partial charge in [0, 0.05) is 23.3 Å². The molecule has 158 valence electrons. The Bertz CT molecular complexity index is 1300. The first kappa shape index (κ1) is 19.4. The molecule has 0 saturated carbocycles. The fourth-order valence-corrected chi connectivity index (χ4v) is 4.33. The van der Waals surface area contributed by atoms with Crippen molar-refractivity contribution in [2.24, 2.45) is 0 Å². The van der Waals surface area contributed by atoms with Crippen LogP contribution in [0.2, 0.25) is 0 Å². The lowest BCUT2D eigenvalue weighted by Crippen LogP contribution is -2.53. The fourth-order valence-electron chi connectivity index (χ4n) is 4.33. The molecule has 0 amide bonds.